The van der Waals surface area contributed by atoms with Crippen LogP contribution in [0, 0.1) is 31.0 Å². The predicted molar refractivity (Wildman–Crippen MR) is 109 cm³/mol. The highest BCUT2D eigenvalue weighted by Gasteiger charge is 2.14. The molecule has 1 heterocycles. The third-order valence-corrected chi connectivity index (χ3v) is 4.62. The van der Waals surface area contributed by atoms with Crippen LogP contribution in [0.4, 0.5) is 10.1 Å². The van der Waals surface area contributed by atoms with Gasteiger partial charge in [0.25, 0.3) is 5.91 Å². The van der Waals surface area contributed by atoms with Gasteiger partial charge in [0.1, 0.15) is 17.5 Å². The molecule has 140 valence electrons. The van der Waals surface area contributed by atoms with Gasteiger partial charge in [-0.3, -0.25) is 4.79 Å². The second-order valence-electron chi connectivity index (χ2n) is 6.25. The maximum absolute atomic E-state index is 13.5. The van der Waals surface area contributed by atoms with Crippen molar-refractivity contribution in [2.24, 2.45) is 0 Å². The van der Waals surface area contributed by atoms with Gasteiger partial charge in [0.15, 0.2) is 0 Å². The Balaban J connectivity index is 1.96. The van der Waals surface area contributed by atoms with Gasteiger partial charge < -0.3 is 9.88 Å². The number of nitriles is 1. The van der Waals surface area contributed by atoms with E-state index in [2.05, 4.69) is 5.32 Å². The molecule has 0 bridgehead atoms. The summed E-state index contributed by atoms with van der Waals surface area (Å²) in [7, 11) is 0. The number of nitrogens with one attached hydrogen (secondary N) is 1. The number of halogens is 2. The fourth-order valence-corrected chi connectivity index (χ4v) is 3.15. The molecule has 0 fully saturated rings. The summed E-state index contributed by atoms with van der Waals surface area (Å²) in [6.07, 6.45) is 1.54. The molecular formula is C22H17ClFN3O. The van der Waals surface area contributed by atoms with Crippen molar-refractivity contribution >= 4 is 29.3 Å². The smallest absolute Gasteiger partial charge is 0.266 e. The van der Waals surface area contributed by atoms with Crippen LogP contribution in [0.2, 0.25) is 5.02 Å². The monoisotopic (exact) mass is 393 g/mol. The molecule has 0 atom stereocenters. The highest BCUT2D eigenvalue weighted by molar-refractivity contribution is 6.30. The van der Waals surface area contributed by atoms with E-state index in [-0.39, 0.29) is 10.6 Å². The fraction of sp³-hybridized carbons (Fsp3) is 0.0909. The van der Waals surface area contributed by atoms with Gasteiger partial charge in [-0.05, 0) is 61.9 Å². The number of aromatic nitrogens is 1. The molecule has 3 rings (SSSR count). The summed E-state index contributed by atoms with van der Waals surface area (Å²) in [5, 5.41) is 12.2. The molecule has 0 saturated heterocycles. The van der Waals surface area contributed by atoms with Crippen LogP contribution in [0.25, 0.3) is 11.8 Å². The van der Waals surface area contributed by atoms with Gasteiger partial charge in [-0.1, -0.05) is 29.8 Å². The molecule has 0 spiro atoms. The molecular weight excluding hydrogens is 377 g/mol. The first-order chi connectivity index (χ1) is 13.4. The molecule has 4 nitrogen and oxygen atoms in total. The number of carbonyl (C=O) groups excluding carboxylic acids is 1. The Hall–Kier alpha value is -3.36. The van der Waals surface area contributed by atoms with E-state index in [0.717, 1.165) is 17.0 Å². The normalized spacial score (nSPS) is 11.2. The second kappa shape index (κ2) is 8.12. The molecule has 1 N–H and O–H groups in total. The highest BCUT2D eigenvalue weighted by Crippen LogP contribution is 2.26. The highest BCUT2D eigenvalue weighted by atomic mass is 35.5. The average molecular weight is 394 g/mol. The molecule has 0 radical (unpaired) electrons. The Bertz CT molecular complexity index is 1110. The Kier molecular flexibility index (Phi) is 5.62. The van der Waals surface area contributed by atoms with Gasteiger partial charge in [0.05, 0.1) is 5.02 Å². The number of hydrogen-bond donors (Lipinski definition) is 1. The molecule has 1 amide bonds. The lowest BCUT2D eigenvalue weighted by Gasteiger charge is -2.10. The fourth-order valence-electron chi connectivity index (χ4n) is 2.98. The molecule has 0 aliphatic rings. The van der Waals surface area contributed by atoms with Gasteiger partial charge in [-0.25, -0.2) is 4.39 Å². The zero-order chi connectivity index (χ0) is 20.3. The van der Waals surface area contributed by atoms with E-state index in [1.165, 1.54) is 12.1 Å². The van der Waals surface area contributed by atoms with E-state index in [9.17, 15) is 14.4 Å². The maximum Gasteiger partial charge on any atom is 0.266 e. The zero-order valence-corrected chi connectivity index (χ0v) is 16.1. The number of hydrogen-bond acceptors (Lipinski definition) is 2. The zero-order valence-electron chi connectivity index (χ0n) is 15.3. The number of para-hydroxylation sites is 1. The summed E-state index contributed by atoms with van der Waals surface area (Å²) in [6.45, 7) is 3.75. The van der Waals surface area contributed by atoms with Crippen LogP contribution >= 0.6 is 11.6 Å². The topological polar surface area (TPSA) is 57.8 Å². The van der Waals surface area contributed by atoms with Crippen molar-refractivity contribution in [2.45, 2.75) is 13.8 Å². The number of rotatable bonds is 4. The van der Waals surface area contributed by atoms with E-state index >= 15 is 0 Å². The van der Waals surface area contributed by atoms with Crippen molar-refractivity contribution < 1.29 is 9.18 Å². The molecule has 2 aromatic carbocycles. The SMILES string of the molecule is Cc1cc(/C=C(/C#N)C(=O)Nc2ccccc2)c(C)n1-c1ccc(F)c(Cl)c1. The van der Waals surface area contributed by atoms with Crippen LogP contribution in [0.1, 0.15) is 17.0 Å². The second-order valence-corrected chi connectivity index (χ2v) is 6.66. The standard InChI is InChI=1S/C22H17ClFN3O/c1-14-10-16(15(2)27(14)19-8-9-21(24)20(23)12-19)11-17(13-25)22(28)26-18-6-4-3-5-7-18/h3-12H,1-2H3,(H,26,28)/b17-11-. The number of anilines is 1. The van der Waals surface area contributed by atoms with Crippen molar-refractivity contribution in [1.29, 1.82) is 5.26 Å². The molecule has 0 saturated carbocycles. The largest absolute Gasteiger partial charge is 0.321 e. The van der Waals surface area contributed by atoms with Crippen LogP contribution in [0.5, 0.6) is 0 Å². The summed E-state index contributed by atoms with van der Waals surface area (Å²) in [4.78, 5) is 12.4. The Morgan fingerprint density at radius 3 is 2.54 bits per heavy atom. The third kappa shape index (κ3) is 3.98. The van der Waals surface area contributed by atoms with E-state index in [1.807, 2.05) is 36.6 Å². The van der Waals surface area contributed by atoms with Crippen molar-refractivity contribution in [3.8, 4) is 11.8 Å². The lowest BCUT2D eigenvalue weighted by molar-refractivity contribution is -0.112. The van der Waals surface area contributed by atoms with Crippen molar-refractivity contribution in [2.75, 3.05) is 5.32 Å². The molecule has 1 aromatic heterocycles. The molecule has 0 unspecified atom stereocenters. The van der Waals surface area contributed by atoms with Crippen LogP contribution in [-0.2, 0) is 4.79 Å². The minimum absolute atomic E-state index is 0.0127. The molecule has 3 aromatic rings. The van der Waals surface area contributed by atoms with Crippen LogP contribution in [0.3, 0.4) is 0 Å². The van der Waals surface area contributed by atoms with E-state index in [1.54, 1.807) is 36.4 Å². The van der Waals surface area contributed by atoms with Gasteiger partial charge >= 0.3 is 0 Å². The molecule has 0 aliphatic heterocycles. The van der Waals surface area contributed by atoms with E-state index in [0.29, 0.717) is 11.4 Å². The number of amides is 1. The van der Waals surface area contributed by atoms with Gasteiger partial charge in [0.2, 0.25) is 0 Å². The Morgan fingerprint density at radius 2 is 1.89 bits per heavy atom. The minimum Gasteiger partial charge on any atom is -0.321 e. The first-order valence-corrected chi connectivity index (χ1v) is 8.91. The number of benzene rings is 2. The summed E-state index contributed by atoms with van der Waals surface area (Å²) < 4.78 is 15.4. The molecule has 28 heavy (non-hydrogen) atoms. The third-order valence-electron chi connectivity index (χ3n) is 4.33. The molecule has 6 heteroatoms. The first-order valence-electron chi connectivity index (χ1n) is 8.53. The lowest BCUT2D eigenvalue weighted by atomic mass is 10.1. The maximum atomic E-state index is 13.5. The first kappa shape index (κ1) is 19.4. The van der Waals surface area contributed by atoms with Crippen molar-refractivity contribution in [3.63, 3.8) is 0 Å². The van der Waals surface area contributed by atoms with Crippen LogP contribution in [0.15, 0.2) is 60.2 Å². The summed E-state index contributed by atoms with van der Waals surface area (Å²) in [6, 6.07) is 17.2. The Labute approximate surface area is 167 Å². The van der Waals surface area contributed by atoms with Crippen molar-refractivity contribution in [3.05, 3.63) is 88.0 Å². The Morgan fingerprint density at radius 1 is 1.18 bits per heavy atom. The van der Waals surface area contributed by atoms with Gasteiger partial charge in [-0.2, -0.15) is 5.26 Å². The summed E-state index contributed by atoms with van der Waals surface area (Å²) in [5.41, 5.74) is 3.69. The summed E-state index contributed by atoms with van der Waals surface area (Å²) >= 11 is 5.90. The summed E-state index contributed by atoms with van der Waals surface area (Å²) in [5.74, 6) is -0.972. The van der Waals surface area contributed by atoms with E-state index in [4.69, 9.17) is 11.6 Å². The van der Waals surface area contributed by atoms with Crippen LogP contribution in [-0.4, -0.2) is 10.5 Å². The van der Waals surface area contributed by atoms with Gasteiger partial charge in [-0.15, -0.1) is 0 Å². The van der Waals surface area contributed by atoms with E-state index < -0.39 is 11.7 Å². The number of aryl methyl sites for hydroxylation is 1. The number of carbonyl (C=O) groups is 1. The van der Waals surface area contributed by atoms with Crippen molar-refractivity contribution in [1.82, 2.24) is 4.57 Å². The predicted octanol–water partition coefficient (Wildman–Crippen LogP) is 5.43. The quantitative estimate of drug-likeness (QED) is 0.474. The number of nitrogens with zero attached hydrogens (tertiary/aromatic N) is 2. The van der Waals surface area contributed by atoms with Gasteiger partial charge in [0, 0.05) is 22.8 Å². The lowest BCUT2D eigenvalue weighted by Crippen LogP contribution is -2.13. The average Bonchev–Trinajstić information content (AvgIpc) is 2.96. The molecule has 0 aliphatic carbocycles. The minimum atomic E-state index is -0.489. The van der Waals surface area contributed by atoms with Crippen LogP contribution < -0.4 is 5.32 Å².